The molecular formula is C13H11F3N2O2. The van der Waals surface area contributed by atoms with Gasteiger partial charge in [0, 0.05) is 6.04 Å². The monoisotopic (exact) mass is 284 g/mol. The zero-order valence-electron chi connectivity index (χ0n) is 10.3. The number of alkyl halides is 3. The van der Waals surface area contributed by atoms with Gasteiger partial charge in [0.2, 0.25) is 0 Å². The molecular weight excluding hydrogens is 273 g/mol. The lowest BCUT2D eigenvalue weighted by Gasteiger charge is -2.26. The highest BCUT2D eigenvalue weighted by atomic mass is 19.4. The van der Waals surface area contributed by atoms with Crippen LogP contribution in [0.4, 0.5) is 13.2 Å². The first kappa shape index (κ1) is 13.0. The topological polar surface area (TPSA) is 54.9 Å². The Hall–Kier alpha value is -2.05. The van der Waals surface area contributed by atoms with Gasteiger partial charge in [0.15, 0.2) is 0 Å². The van der Waals surface area contributed by atoms with E-state index in [1.54, 1.807) is 0 Å². The van der Waals surface area contributed by atoms with Gasteiger partial charge in [-0.2, -0.15) is 13.2 Å². The summed E-state index contributed by atoms with van der Waals surface area (Å²) in [6.07, 6.45) is -2.20. The van der Waals surface area contributed by atoms with Crippen LogP contribution in [0.3, 0.4) is 0 Å². The largest absolute Gasteiger partial charge is 0.416 e. The van der Waals surface area contributed by atoms with Gasteiger partial charge in [0.1, 0.15) is 0 Å². The molecule has 4 nitrogen and oxygen atoms in total. The van der Waals surface area contributed by atoms with Crippen LogP contribution in [0, 0.1) is 0 Å². The second-order valence-corrected chi connectivity index (χ2v) is 4.95. The summed E-state index contributed by atoms with van der Waals surface area (Å²) in [7, 11) is 0. The van der Waals surface area contributed by atoms with Gasteiger partial charge in [-0.15, -0.1) is 0 Å². The minimum absolute atomic E-state index is 0.105. The van der Waals surface area contributed by atoms with Crippen molar-refractivity contribution in [3.05, 3.63) is 44.6 Å². The lowest BCUT2D eigenvalue weighted by atomic mass is 9.93. The molecule has 0 unspecified atom stereocenters. The predicted molar refractivity (Wildman–Crippen MR) is 66.7 cm³/mol. The van der Waals surface area contributed by atoms with Crippen molar-refractivity contribution < 1.29 is 13.2 Å². The van der Waals surface area contributed by atoms with Crippen molar-refractivity contribution in [2.75, 3.05) is 0 Å². The molecule has 0 atom stereocenters. The molecule has 1 aromatic carbocycles. The smallest absolute Gasteiger partial charge is 0.307 e. The van der Waals surface area contributed by atoms with Crippen molar-refractivity contribution in [2.45, 2.75) is 31.5 Å². The highest BCUT2D eigenvalue weighted by Gasteiger charge is 2.31. The molecule has 0 radical (unpaired) electrons. The number of halogens is 3. The van der Waals surface area contributed by atoms with Crippen LogP contribution in [0.15, 0.2) is 27.8 Å². The summed E-state index contributed by atoms with van der Waals surface area (Å²) in [4.78, 5) is 26.6. The first-order valence-corrected chi connectivity index (χ1v) is 6.24. The Morgan fingerprint density at radius 2 is 1.90 bits per heavy atom. The number of nitrogens with zero attached hydrogens (tertiary/aromatic N) is 1. The number of aromatic amines is 1. The number of nitrogens with one attached hydrogen (secondary N) is 1. The third kappa shape index (κ3) is 1.93. The Kier molecular flexibility index (Phi) is 2.74. The quantitative estimate of drug-likeness (QED) is 0.874. The number of H-pyrrole nitrogens is 1. The fourth-order valence-corrected chi connectivity index (χ4v) is 2.38. The van der Waals surface area contributed by atoms with Crippen LogP contribution in [0.25, 0.3) is 10.9 Å². The van der Waals surface area contributed by atoms with Crippen LogP contribution in [-0.2, 0) is 6.18 Å². The number of fused-ring (bicyclic) bond motifs is 1. The molecule has 1 aliphatic carbocycles. The van der Waals surface area contributed by atoms with Crippen LogP contribution in [0.1, 0.15) is 30.9 Å². The molecule has 3 rings (SSSR count). The van der Waals surface area contributed by atoms with E-state index < -0.39 is 23.0 Å². The predicted octanol–water partition coefficient (Wildman–Crippen LogP) is 2.43. The molecule has 1 aromatic heterocycles. The molecule has 1 heterocycles. The van der Waals surface area contributed by atoms with E-state index >= 15 is 0 Å². The molecule has 7 heteroatoms. The fraction of sp³-hybridized carbons (Fsp3) is 0.385. The summed E-state index contributed by atoms with van der Waals surface area (Å²) in [5, 5.41) is -0.105. The summed E-state index contributed by atoms with van der Waals surface area (Å²) in [6.45, 7) is 0. The number of rotatable bonds is 1. The van der Waals surface area contributed by atoms with Gasteiger partial charge in [0.05, 0.1) is 16.5 Å². The van der Waals surface area contributed by atoms with Gasteiger partial charge < -0.3 is 4.98 Å². The van der Waals surface area contributed by atoms with Crippen LogP contribution >= 0.6 is 0 Å². The maximum absolute atomic E-state index is 12.7. The number of benzene rings is 1. The first-order chi connectivity index (χ1) is 9.38. The zero-order chi connectivity index (χ0) is 14.5. The van der Waals surface area contributed by atoms with Gasteiger partial charge in [-0.25, -0.2) is 4.79 Å². The van der Waals surface area contributed by atoms with Crippen LogP contribution < -0.4 is 11.2 Å². The molecule has 0 spiro atoms. The van der Waals surface area contributed by atoms with Crippen LogP contribution in [-0.4, -0.2) is 9.55 Å². The van der Waals surface area contributed by atoms with Gasteiger partial charge in [-0.05, 0) is 37.5 Å². The molecule has 0 saturated heterocycles. The van der Waals surface area contributed by atoms with E-state index in [1.165, 1.54) is 0 Å². The Labute approximate surface area is 110 Å². The zero-order valence-corrected chi connectivity index (χ0v) is 10.3. The van der Waals surface area contributed by atoms with E-state index in [4.69, 9.17) is 0 Å². The summed E-state index contributed by atoms with van der Waals surface area (Å²) in [6, 6.07) is 2.56. The molecule has 0 amide bonds. The molecule has 1 N–H and O–H groups in total. The summed E-state index contributed by atoms with van der Waals surface area (Å²) >= 11 is 0. The lowest BCUT2D eigenvalue weighted by Crippen LogP contribution is -2.40. The SMILES string of the molecule is O=c1[nH]c2ccc(C(F)(F)F)cc2c(=O)n1C1CCC1. The van der Waals surface area contributed by atoms with Crippen molar-refractivity contribution in [2.24, 2.45) is 0 Å². The molecule has 1 fully saturated rings. The number of hydrogen-bond acceptors (Lipinski definition) is 2. The van der Waals surface area contributed by atoms with E-state index in [1.807, 2.05) is 0 Å². The fourth-order valence-electron chi connectivity index (χ4n) is 2.38. The second kappa shape index (κ2) is 4.22. The third-order valence-electron chi connectivity index (χ3n) is 3.70. The average Bonchev–Trinajstić information content (AvgIpc) is 2.30. The standard InChI is InChI=1S/C13H11F3N2O2/c14-13(15,16)7-4-5-10-9(6-7)11(19)18(12(20)17-10)8-2-1-3-8/h4-6,8H,1-3H2,(H,17,20). The second-order valence-electron chi connectivity index (χ2n) is 4.95. The summed E-state index contributed by atoms with van der Waals surface area (Å²) in [5.74, 6) is 0. The number of hydrogen-bond donors (Lipinski definition) is 1. The Morgan fingerprint density at radius 1 is 1.20 bits per heavy atom. The van der Waals surface area contributed by atoms with Gasteiger partial charge in [0.25, 0.3) is 5.56 Å². The minimum atomic E-state index is -4.52. The molecule has 20 heavy (non-hydrogen) atoms. The van der Waals surface area contributed by atoms with Crippen molar-refractivity contribution in [1.29, 1.82) is 0 Å². The normalized spacial score (nSPS) is 16.4. The van der Waals surface area contributed by atoms with E-state index in [-0.39, 0.29) is 16.9 Å². The highest BCUT2D eigenvalue weighted by Crippen LogP contribution is 2.31. The Balaban J connectivity index is 2.28. The Bertz CT molecular complexity index is 785. The van der Waals surface area contributed by atoms with Crippen LogP contribution in [0.5, 0.6) is 0 Å². The summed E-state index contributed by atoms with van der Waals surface area (Å²) in [5.41, 5.74) is -1.98. The average molecular weight is 284 g/mol. The van der Waals surface area contributed by atoms with Crippen LogP contribution in [0.2, 0.25) is 0 Å². The van der Waals surface area contributed by atoms with Gasteiger partial charge in [-0.1, -0.05) is 0 Å². The first-order valence-electron chi connectivity index (χ1n) is 6.24. The maximum atomic E-state index is 12.7. The van der Waals surface area contributed by atoms with Crippen molar-refractivity contribution in [3.8, 4) is 0 Å². The van der Waals surface area contributed by atoms with E-state index in [2.05, 4.69) is 4.98 Å². The highest BCUT2D eigenvalue weighted by molar-refractivity contribution is 5.78. The molecule has 1 aliphatic rings. The molecule has 106 valence electrons. The number of aromatic nitrogens is 2. The van der Waals surface area contributed by atoms with E-state index in [0.717, 1.165) is 29.2 Å². The van der Waals surface area contributed by atoms with Gasteiger partial charge in [-0.3, -0.25) is 9.36 Å². The molecule has 0 aliphatic heterocycles. The minimum Gasteiger partial charge on any atom is -0.307 e. The lowest BCUT2D eigenvalue weighted by molar-refractivity contribution is -0.137. The van der Waals surface area contributed by atoms with E-state index in [9.17, 15) is 22.8 Å². The van der Waals surface area contributed by atoms with E-state index in [0.29, 0.717) is 12.8 Å². The summed E-state index contributed by atoms with van der Waals surface area (Å²) < 4.78 is 39.1. The third-order valence-corrected chi connectivity index (χ3v) is 3.70. The molecule has 1 saturated carbocycles. The molecule has 2 aromatic rings. The maximum Gasteiger partial charge on any atom is 0.416 e. The Morgan fingerprint density at radius 3 is 2.45 bits per heavy atom. The van der Waals surface area contributed by atoms with Crippen molar-refractivity contribution in [3.63, 3.8) is 0 Å². The van der Waals surface area contributed by atoms with Gasteiger partial charge >= 0.3 is 11.9 Å². The van der Waals surface area contributed by atoms with Crippen molar-refractivity contribution >= 4 is 10.9 Å². The van der Waals surface area contributed by atoms with Crippen molar-refractivity contribution in [1.82, 2.24) is 9.55 Å². The molecule has 0 bridgehead atoms.